The van der Waals surface area contributed by atoms with Crippen molar-refractivity contribution in [2.24, 2.45) is 0 Å². The molecule has 0 saturated carbocycles. The molecule has 0 radical (unpaired) electrons. The summed E-state index contributed by atoms with van der Waals surface area (Å²) in [4.78, 5) is 9.51. The average molecular weight is 1130 g/mol. The molecule has 2 heterocycles. The predicted molar refractivity (Wildman–Crippen MR) is 302 cm³/mol. The second-order valence-electron chi connectivity index (χ2n) is 21.8. The minimum atomic E-state index is -0.820. The molecule has 0 spiro atoms. The molecular formula is C67H72N3OPt-. The fraction of sp³-hybridized carbons (Fsp3) is 0.284. The summed E-state index contributed by atoms with van der Waals surface area (Å²) in [6, 6.07) is 53.8. The van der Waals surface area contributed by atoms with Crippen molar-refractivity contribution in [1.82, 2.24) is 14.5 Å². The summed E-state index contributed by atoms with van der Waals surface area (Å²) in [5.41, 5.74) is 18.3. The number of benzene rings is 7. The molecular weight excluding hydrogens is 1060 g/mol. The van der Waals surface area contributed by atoms with Crippen LogP contribution >= 0.6 is 0 Å². The van der Waals surface area contributed by atoms with Gasteiger partial charge in [0.25, 0.3) is 0 Å². The van der Waals surface area contributed by atoms with Gasteiger partial charge in [-0.05, 0) is 127 Å². The van der Waals surface area contributed by atoms with E-state index in [4.69, 9.17) is 9.10 Å². The molecule has 0 bridgehead atoms. The number of aromatic hydroxyl groups is 1. The molecule has 2 aromatic heterocycles. The summed E-state index contributed by atoms with van der Waals surface area (Å²) in [6.07, 6.45) is 3.58. The summed E-state index contributed by atoms with van der Waals surface area (Å²) < 4.78 is 27.9. The van der Waals surface area contributed by atoms with Gasteiger partial charge in [-0.15, -0.1) is 34.9 Å². The number of phenols is 1. The molecule has 1 N–H and O–H groups in total. The molecule has 0 amide bonds. The third kappa shape index (κ3) is 11.6. The third-order valence-corrected chi connectivity index (χ3v) is 13.4. The van der Waals surface area contributed by atoms with Crippen molar-refractivity contribution in [3.8, 4) is 67.3 Å². The van der Waals surface area contributed by atoms with Crippen LogP contribution in [0.15, 0.2) is 158 Å². The molecule has 0 aliphatic rings. The van der Waals surface area contributed by atoms with Gasteiger partial charge in [0.1, 0.15) is 11.6 Å². The van der Waals surface area contributed by atoms with Crippen molar-refractivity contribution in [2.45, 2.75) is 125 Å². The summed E-state index contributed by atoms with van der Waals surface area (Å²) >= 11 is 0. The van der Waals surface area contributed by atoms with Gasteiger partial charge in [0.15, 0.2) is 0 Å². The molecule has 0 fully saturated rings. The van der Waals surface area contributed by atoms with E-state index in [2.05, 4.69) is 180 Å². The topological polar surface area (TPSA) is 50.9 Å². The standard InChI is InChI=1S/C53H57N2O.C14H15N.Pt/c1-32(2)38-26-39(33(3)4)28-41(27-38)37-21-22-47(35(6)25-37)55-48-20-16-19-44(42-24-34(5)23-40(29-42)36-17-14-13-15-18-36)49(48)54-51(55)45-30-43(52(7,8)9)31-46(50(45)56)53(10,11)12;1-11(2)12-3-5-13(6-4-12)14-7-9-15-10-8-14;/h13-23,25-33,56H,1-12H3;3-11H,1-2H3;/q-1;;/i32D,33D;11D;. The predicted octanol–water partition coefficient (Wildman–Crippen LogP) is 18.5. The molecule has 9 rings (SSSR count). The zero-order valence-corrected chi connectivity index (χ0v) is 46.9. The molecule has 72 heavy (non-hydrogen) atoms. The number of fused-ring (bicyclic) bond motifs is 1. The third-order valence-electron chi connectivity index (χ3n) is 13.4. The number of aryl methyl sites for hydroxylation is 2. The van der Waals surface area contributed by atoms with E-state index < -0.39 is 17.7 Å². The second kappa shape index (κ2) is 21.8. The van der Waals surface area contributed by atoms with Crippen LogP contribution in [0.3, 0.4) is 0 Å². The van der Waals surface area contributed by atoms with Gasteiger partial charge in [-0.1, -0.05) is 193 Å². The summed E-state index contributed by atoms with van der Waals surface area (Å²) in [5, 5.41) is 12.3. The quantitative estimate of drug-likeness (QED) is 0.147. The van der Waals surface area contributed by atoms with Crippen molar-refractivity contribution in [2.75, 3.05) is 0 Å². The van der Waals surface area contributed by atoms with E-state index in [0.717, 1.165) is 100 Å². The van der Waals surface area contributed by atoms with Crippen LogP contribution in [0.2, 0.25) is 0 Å². The average Bonchev–Trinajstić information content (AvgIpc) is 3.72. The van der Waals surface area contributed by atoms with E-state index >= 15 is 0 Å². The van der Waals surface area contributed by atoms with Crippen LogP contribution in [0, 0.1) is 19.9 Å². The van der Waals surface area contributed by atoms with Crippen molar-refractivity contribution in [1.29, 1.82) is 0 Å². The van der Waals surface area contributed by atoms with Crippen molar-refractivity contribution in [3.63, 3.8) is 0 Å². The zero-order chi connectivity index (χ0) is 53.7. The van der Waals surface area contributed by atoms with Crippen LogP contribution < -0.4 is 0 Å². The maximum atomic E-state index is 12.3. The number of para-hydroxylation sites is 1. The summed E-state index contributed by atoms with van der Waals surface area (Å²) in [6.45, 7) is 28.6. The molecule has 0 aliphatic carbocycles. The molecule has 9 aromatic rings. The largest absolute Gasteiger partial charge is 0.507 e. The van der Waals surface area contributed by atoms with Gasteiger partial charge >= 0.3 is 0 Å². The smallest absolute Gasteiger partial charge is 0.148 e. The first-order valence-electron chi connectivity index (χ1n) is 26.4. The SMILES string of the molecule is [2H]C(C)(C)c1cc(-c2ccc(-n3c(-c4cc(C(C)(C)C)cc(C(C)(C)C)c4O)nc4c(-c5[c-]c(C)cc(-c6ccccc6)c5)cccc43)c(C)c2)cc(C([2H])(C)C)c1.[2H]C(C)(C)c1ccc(-c2ccncc2)cc1.[Pt]. The van der Waals surface area contributed by atoms with Crippen LogP contribution in [0.1, 0.15) is 144 Å². The zero-order valence-electron chi connectivity index (χ0n) is 47.6. The Morgan fingerprint density at radius 2 is 1.12 bits per heavy atom. The summed E-state index contributed by atoms with van der Waals surface area (Å²) in [5.74, 6) is -1.27. The number of hydrogen-bond acceptors (Lipinski definition) is 3. The van der Waals surface area contributed by atoms with Crippen molar-refractivity contribution in [3.05, 3.63) is 203 Å². The van der Waals surface area contributed by atoms with Crippen LogP contribution in [0.4, 0.5) is 0 Å². The van der Waals surface area contributed by atoms with E-state index in [9.17, 15) is 5.11 Å². The van der Waals surface area contributed by atoms with E-state index in [1.165, 1.54) is 0 Å². The van der Waals surface area contributed by atoms with Gasteiger partial charge in [0.2, 0.25) is 0 Å². The number of hydrogen-bond donors (Lipinski definition) is 1. The molecule has 7 aromatic carbocycles. The van der Waals surface area contributed by atoms with E-state index in [-0.39, 0.29) is 37.6 Å². The van der Waals surface area contributed by atoms with Gasteiger partial charge in [-0.25, -0.2) is 4.98 Å². The molecule has 0 unspecified atom stereocenters. The normalized spacial score (nSPS) is 12.8. The number of rotatable bonds is 9. The summed E-state index contributed by atoms with van der Waals surface area (Å²) in [7, 11) is 0. The van der Waals surface area contributed by atoms with Gasteiger partial charge in [-0.2, -0.15) is 0 Å². The molecule has 0 aliphatic heterocycles. The van der Waals surface area contributed by atoms with Crippen LogP contribution in [0.5, 0.6) is 5.75 Å². The fourth-order valence-corrected chi connectivity index (χ4v) is 9.21. The monoisotopic (exact) mass is 1130 g/mol. The maximum Gasteiger partial charge on any atom is 0.148 e. The first-order valence-corrected chi connectivity index (χ1v) is 24.9. The second-order valence-corrected chi connectivity index (χ2v) is 21.8. The number of pyridine rings is 1. The van der Waals surface area contributed by atoms with Gasteiger partial charge in [0, 0.05) is 43.1 Å². The maximum absolute atomic E-state index is 12.3. The van der Waals surface area contributed by atoms with Crippen LogP contribution in [-0.2, 0) is 31.9 Å². The van der Waals surface area contributed by atoms with Gasteiger partial charge in [0.05, 0.1) is 22.3 Å². The van der Waals surface area contributed by atoms with Crippen LogP contribution in [0.25, 0.3) is 72.6 Å². The Labute approximate surface area is 449 Å². The van der Waals surface area contributed by atoms with E-state index in [1.54, 1.807) is 12.4 Å². The molecule has 4 nitrogen and oxygen atoms in total. The Hall–Kier alpha value is -6.35. The van der Waals surface area contributed by atoms with Crippen molar-refractivity contribution >= 4 is 11.0 Å². The van der Waals surface area contributed by atoms with Gasteiger partial charge < -0.3 is 5.11 Å². The molecule has 372 valence electrons. The number of phenolic OH excluding ortho intramolecular Hbond substituents is 1. The first-order chi connectivity index (χ1) is 34.6. The minimum absolute atomic E-state index is 0. The Kier molecular flexibility index (Phi) is 14.9. The van der Waals surface area contributed by atoms with E-state index in [0.29, 0.717) is 11.4 Å². The number of imidazole rings is 1. The van der Waals surface area contributed by atoms with Crippen molar-refractivity contribution < 1.29 is 30.3 Å². The Morgan fingerprint density at radius 1 is 0.542 bits per heavy atom. The van der Waals surface area contributed by atoms with Crippen LogP contribution in [-0.4, -0.2) is 19.6 Å². The van der Waals surface area contributed by atoms with Gasteiger partial charge in [-0.3, -0.25) is 9.55 Å². The minimum Gasteiger partial charge on any atom is -0.507 e. The molecule has 0 saturated heterocycles. The fourth-order valence-electron chi connectivity index (χ4n) is 9.21. The Bertz CT molecular complexity index is 3440. The first kappa shape index (κ1) is 49.2. The number of aromatic nitrogens is 3. The Morgan fingerprint density at radius 3 is 1.71 bits per heavy atom. The Balaban J connectivity index is 0.000000410. The van der Waals surface area contributed by atoms with E-state index in [1.807, 2.05) is 77.9 Å². The molecule has 0 atom stereocenters. The molecule has 5 heteroatoms. The number of nitrogens with zero attached hydrogens (tertiary/aromatic N) is 3.